The first kappa shape index (κ1) is 14.7. The number of rotatable bonds is 9. The highest BCUT2D eigenvalue weighted by atomic mass is 16.1. The second-order valence-corrected chi connectivity index (χ2v) is 4.70. The maximum absolute atomic E-state index is 11.6. The van der Waals surface area contributed by atoms with Crippen LogP contribution in [0.5, 0.6) is 0 Å². The van der Waals surface area contributed by atoms with Crippen LogP contribution in [0.3, 0.4) is 0 Å². The lowest BCUT2D eigenvalue weighted by Crippen LogP contribution is -2.11. The minimum Gasteiger partial charge on any atom is -0.309 e. The van der Waals surface area contributed by atoms with E-state index in [-0.39, 0.29) is 5.91 Å². The summed E-state index contributed by atoms with van der Waals surface area (Å²) in [4.78, 5) is 11.6. The first-order chi connectivity index (χ1) is 8.76. The van der Waals surface area contributed by atoms with Gasteiger partial charge in [0.1, 0.15) is 0 Å². The number of aromatic nitrogens is 2. The number of nitrogens with one attached hydrogen (secondary N) is 2. The monoisotopic (exact) mass is 251 g/mol. The molecule has 1 heterocycles. The maximum Gasteiger partial charge on any atom is 0.225 e. The number of carbonyl (C=O) groups excluding carboxylic acids is 1. The summed E-state index contributed by atoms with van der Waals surface area (Å²) >= 11 is 0. The molecule has 0 aliphatic heterocycles. The fourth-order valence-corrected chi connectivity index (χ4v) is 1.88. The van der Waals surface area contributed by atoms with Crippen molar-refractivity contribution in [1.29, 1.82) is 0 Å². The van der Waals surface area contributed by atoms with Gasteiger partial charge in [-0.3, -0.25) is 9.89 Å². The molecule has 1 amide bonds. The average molecular weight is 251 g/mol. The van der Waals surface area contributed by atoms with Gasteiger partial charge in [0.15, 0.2) is 5.82 Å². The van der Waals surface area contributed by atoms with Gasteiger partial charge >= 0.3 is 0 Å². The smallest absolute Gasteiger partial charge is 0.225 e. The third-order valence-corrected chi connectivity index (χ3v) is 3.04. The predicted molar refractivity (Wildman–Crippen MR) is 74.6 cm³/mol. The zero-order chi connectivity index (χ0) is 13.2. The normalized spacial score (nSPS) is 10.6. The predicted octanol–water partition coefficient (Wildman–Crippen LogP) is 3.66. The van der Waals surface area contributed by atoms with Crippen molar-refractivity contribution in [2.75, 3.05) is 5.32 Å². The number of amides is 1. The van der Waals surface area contributed by atoms with Gasteiger partial charge in [0.2, 0.25) is 5.91 Å². The summed E-state index contributed by atoms with van der Waals surface area (Å²) in [7, 11) is 0. The van der Waals surface area contributed by atoms with Crippen LogP contribution < -0.4 is 5.32 Å². The molecule has 4 nitrogen and oxygen atoms in total. The van der Waals surface area contributed by atoms with E-state index in [0.29, 0.717) is 12.2 Å². The summed E-state index contributed by atoms with van der Waals surface area (Å²) in [6, 6.07) is 1.89. The van der Waals surface area contributed by atoms with Crippen LogP contribution in [-0.4, -0.2) is 16.1 Å². The Morgan fingerprint density at radius 3 is 2.61 bits per heavy atom. The summed E-state index contributed by atoms with van der Waals surface area (Å²) in [5.41, 5.74) is 1.05. The largest absolute Gasteiger partial charge is 0.309 e. The quantitative estimate of drug-likeness (QED) is 0.658. The number of H-pyrrole nitrogens is 1. The second kappa shape index (κ2) is 8.72. The van der Waals surface area contributed by atoms with E-state index in [9.17, 15) is 4.79 Å². The number of aromatic amines is 1. The Balaban J connectivity index is 2.10. The zero-order valence-electron chi connectivity index (χ0n) is 11.6. The van der Waals surface area contributed by atoms with E-state index in [1.54, 1.807) is 0 Å². The van der Waals surface area contributed by atoms with Crippen LogP contribution in [0.4, 0.5) is 5.82 Å². The first-order valence-corrected chi connectivity index (χ1v) is 7.10. The molecule has 0 bridgehead atoms. The zero-order valence-corrected chi connectivity index (χ0v) is 11.6. The number of aryl methyl sites for hydroxylation is 1. The van der Waals surface area contributed by atoms with Crippen molar-refractivity contribution in [2.45, 2.75) is 65.2 Å². The lowest BCUT2D eigenvalue weighted by Gasteiger charge is -2.02. The molecule has 0 aliphatic carbocycles. The summed E-state index contributed by atoms with van der Waals surface area (Å²) in [6.07, 6.45) is 8.72. The molecule has 0 aromatic carbocycles. The molecule has 0 unspecified atom stereocenters. The fraction of sp³-hybridized carbons (Fsp3) is 0.714. The maximum atomic E-state index is 11.6. The Labute approximate surface area is 110 Å². The van der Waals surface area contributed by atoms with E-state index in [0.717, 1.165) is 25.0 Å². The van der Waals surface area contributed by atoms with E-state index in [1.807, 2.05) is 6.07 Å². The third-order valence-electron chi connectivity index (χ3n) is 3.04. The van der Waals surface area contributed by atoms with Crippen molar-refractivity contribution in [2.24, 2.45) is 0 Å². The van der Waals surface area contributed by atoms with E-state index in [1.165, 1.54) is 25.7 Å². The Bertz CT molecular complexity index is 347. The van der Waals surface area contributed by atoms with Crippen LogP contribution in [0.15, 0.2) is 6.07 Å². The van der Waals surface area contributed by atoms with Gasteiger partial charge in [-0.1, -0.05) is 46.0 Å². The van der Waals surface area contributed by atoms with Gasteiger partial charge in [-0.15, -0.1) is 0 Å². The number of nitrogens with zero attached hydrogens (tertiary/aromatic N) is 1. The number of unbranched alkanes of at least 4 members (excludes halogenated alkanes) is 5. The van der Waals surface area contributed by atoms with E-state index in [2.05, 4.69) is 29.4 Å². The molecule has 18 heavy (non-hydrogen) atoms. The highest BCUT2D eigenvalue weighted by molar-refractivity contribution is 5.89. The summed E-state index contributed by atoms with van der Waals surface area (Å²) in [6.45, 7) is 4.26. The number of anilines is 1. The molecule has 0 saturated heterocycles. The molecule has 1 rings (SSSR count). The summed E-state index contributed by atoms with van der Waals surface area (Å²) in [5.74, 6) is 0.711. The topological polar surface area (TPSA) is 57.8 Å². The Morgan fingerprint density at radius 1 is 1.22 bits per heavy atom. The molecule has 1 aromatic heterocycles. The summed E-state index contributed by atoms with van der Waals surface area (Å²) < 4.78 is 0. The Morgan fingerprint density at radius 2 is 1.94 bits per heavy atom. The number of hydrogen-bond acceptors (Lipinski definition) is 2. The third kappa shape index (κ3) is 5.84. The molecule has 0 spiro atoms. The van der Waals surface area contributed by atoms with Crippen molar-refractivity contribution < 1.29 is 4.79 Å². The van der Waals surface area contributed by atoms with Crippen LogP contribution in [0.1, 0.15) is 64.5 Å². The molecule has 2 N–H and O–H groups in total. The van der Waals surface area contributed by atoms with Gasteiger partial charge in [-0.25, -0.2) is 0 Å². The van der Waals surface area contributed by atoms with Gasteiger partial charge in [-0.05, 0) is 12.8 Å². The molecule has 1 aromatic rings. The van der Waals surface area contributed by atoms with Crippen molar-refractivity contribution >= 4 is 11.7 Å². The SMILES string of the molecule is CCCCCCCCC(=O)Nc1cc(CC)[nH]n1. The molecule has 0 aliphatic rings. The summed E-state index contributed by atoms with van der Waals surface area (Å²) in [5, 5.41) is 9.74. The lowest BCUT2D eigenvalue weighted by molar-refractivity contribution is -0.116. The van der Waals surface area contributed by atoms with Crippen molar-refractivity contribution in [3.05, 3.63) is 11.8 Å². The lowest BCUT2D eigenvalue weighted by atomic mass is 10.1. The van der Waals surface area contributed by atoms with Crippen LogP contribution in [0, 0.1) is 0 Å². The standard InChI is InChI=1S/C14H25N3O/c1-3-5-6-7-8-9-10-14(18)15-13-11-12(4-2)16-17-13/h11H,3-10H2,1-2H3,(H2,15,16,17,18). The Hall–Kier alpha value is -1.32. The molecule has 0 fully saturated rings. The molecule has 0 saturated carbocycles. The molecule has 0 radical (unpaired) electrons. The Kier molecular flexibility index (Phi) is 7.14. The van der Waals surface area contributed by atoms with Crippen LogP contribution >= 0.6 is 0 Å². The molecule has 0 atom stereocenters. The van der Waals surface area contributed by atoms with Crippen LogP contribution in [-0.2, 0) is 11.2 Å². The number of carbonyl (C=O) groups is 1. The van der Waals surface area contributed by atoms with Crippen molar-refractivity contribution in [3.63, 3.8) is 0 Å². The van der Waals surface area contributed by atoms with Gasteiger partial charge < -0.3 is 5.32 Å². The van der Waals surface area contributed by atoms with Gasteiger partial charge in [-0.2, -0.15) is 5.10 Å². The first-order valence-electron chi connectivity index (χ1n) is 7.10. The molecular weight excluding hydrogens is 226 g/mol. The van der Waals surface area contributed by atoms with Gasteiger partial charge in [0.25, 0.3) is 0 Å². The fourth-order valence-electron chi connectivity index (χ4n) is 1.88. The molecule has 4 heteroatoms. The van der Waals surface area contributed by atoms with E-state index >= 15 is 0 Å². The minimum atomic E-state index is 0.0691. The highest BCUT2D eigenvalue weighted by Crippen LogP contribution is 2.09. The van der Waals surface area contributed by atoms with Gasteiger partial charge in [0.05, 0.1) is 0 Å². The van der Waals surface area contributed by atoms with Crippen molar-refractivity contribution in [3.8, 4) is 0 Å². The minimum absolute atomic E-state index is 0.0691. The highest BCUT2D eigenvalue weighted by Gasteiger charge is 2.04. The molecular formula is C14H25N3O. The van der Waals surface area contributed by atoms with E-state index < -0.39 is 0 Å². The number of hydrogen-bond donors (Lipinski definition) is 2. The van der Waals surface area contributed by atoms with Crippen LogP contribution in [0.2, 0.25) is 0 Å². The van der Waals surface area contributed by atoms with Gasteiger partial charge in [0, 0.05) is 18.2 Å². The van der Waals surface area contributed by atoms with Crippen molar-refractivity contribution in [1.82, 2.24) is 10.2 Å². The second-order valence-electron chi connectivity index (χ2n) is 4.70. The van der Waals surface area contributed by atoms with E-state index in [4.69, 9.17) is 0 Å². The molecule has 102 valence electrons. The van der Waals surface area contributed by atoms with Crippen LogP contribution in [0.25, 0.3) is 0 Å². The average Bonchev–Trinajstić information content (AvgIpc) is 2.81.